The van der Waals surface area contributed by atoms with Crippen LogP contribution in [0.5, 0.6) is 0 Å². The van der Waals surface area contributed by atoms with E-state index in [2.05, 4.69) is 13.5 Å². The summed E-state index contributed by atoms with van der Waals surface area (Å²) in [5.41, 5.74) is 0. The molecule has 0 rings (SSSR count). The van der Waals surface area contributed by atoms with Gasteiger partial charge in [-0.25, -0.2) is 0 Å². The zero-order valence-electron chi connectivity index (χ0n) is 11.1. The first-order chi connectivity index (χ1) is 7.81. The molecule has 0 saturated heterocycles. The first kappa shape index (κ1) is 15.7. The van der Waals surface area contributed by atoms with Crippen LogP contribution in [-0.2, 0) is 0 Å². The van der Waals surface area contributed by atoms with Gasteiger partial charge in [0.1, 0.15) is 0 Å². The van der Waals surface area contributed by atoms with E-state index in [9.17, 15) is 5.11 Å². The van der Waals surface area contributed by atoms with Gasteiger partial charge in [0.2, 0.25) is 0 Å². The Balaban J connectivity index is 3.08. The summed E-state index contributed by atoms with van der Waals surface area (Å²) in [7, 11) is 0. The normalized spacial score (nSPS) is 12.6. The maximum atomic E-state index is 9.68. The smallest absolute Gasteiger partial charge is 0.0540 e. The van der Waals surface area contributed by atoms with Gasteiger partial charge in [0.05, 0.1) is 6.10 Å². The highest BCUT2D eigenvalue weighted by atomic mass is 16.3. The second-order valence-corrected chi connectivity index (χ2v) is 4.78. The van der Waals surface area contributed by atoms with Crippen LogP contribution < -0.4 is 0 Å². The fourth-order valence-corrected chi connectivity index (χ4v) is 1.98. The topological polar surface area (TPSA) is 20.2 Å². The predicted octanol–water partition coefficient (Wildman–Crippen LogP) is 4.84. The lowest BCUT2D eigenvalue weighted by molar-refractivity contribution is 0.148. The average molecular weight is 226 g/mol. The Hall–Kier alpha value is -0.300. The maximum Gasteiger partial charge on any atom is 0.0540 e. The van der Waals surface area contributed by atoms with Crippen LogP contribution in [0, 0.1) is 0 Å². The van der Waals surface area contributed by atoms with Crippen molar-refractivity contribution >= 4 is 0 Å². The summed E-state index contributed by atoms with van der Waals surface area (Å²) in [6, 6.07) is 0. The fraction of sp³-hybridized carbons (Fsp3) is 0.867. The van der Waals surface area contributed by atoms with Gasteiger partial charge in [-0.15, -0.1) is 6.58 Å². The summed E-state index contributed by atoms with van der Waals surface area (Å²) < 4.78 is 0. The lowest BCUT2D eigenvalue weighted by Gasteiger charge is -2.09. The van der Waals surface area contributed by atoms with Gasteiger partial charge in [0.25, 0.3) is 0 Å². The largest absolute Gasteiger partial charge is 0.393 e. The quantitative estimate of drug-likeness (QED) is 0.373. The third-order valence-electron chi connectivity index (χ3n) is 3.09. The number of hydrogen-bond acceptors (Lipinski definition) is 1. The van der Waals surface area contributed by atoms with Crippen molar-refractivity contribution in [3.63, 3.8) is 0 Å². The first-order valence-electron chi connectivity index (χ1n) is 7.10. The molecule has 1 N–H and O–H groups in total. The number of aliphatic hydroxyl groups excluding tert-OH is 1. The molecule has 16 heavy (non-hydrogen) atoms. The fourth-order valence-electron chi connectivity index (χ4n) is 1.98. The molecule has 0 bridgehead atoms. The van der Waals surface area contributed by atoms with Gasteiger partial charge in [-0.1, -0.05) is 57.9 Å². The van der Waals surface area contributed by atoms with E-state index in [1.165, 1.54) is 44.9 Å². The Morgan fingerprint density at radius 3 is 2.12 bits per heavy atom. The predicted molar refractivity (Wildman–Crippen MR) is 72.7 cm³/mol. The molecule has 0 fully saturated rings. The Morgan fingerprint density at radius 1 is 0.938 bits per heavy atom. The molecule has 0 aliphatic heterocycles. The molecule has 1 nitrogen and oxygen atoms in total. The maximum absolute atomic E-state index is 9.68. The zero-order valence-corrected chi connectivity index (χ0v) is 11.1. The molecular weight excluding hydrogens is 196 g/mol. The van der Waals surface area contributed by atoms with Gasteiger partial charge >= 0.3 is 0 Å². The minimum atomic E-state index is -0.0735. The minimum Gasteiger partial charge on any atom is -0.393 e. The lowest BCUT2D eigenvalue weighted by Crippen LogP contribution is -2.05. The van der Waals surface area contributed by atoms with Crippen LogP contribution in [0.4, 0.5) is 0 Å². The van der Waals surface area contributed by atoms with Crippen molar-refractivity contribution < 1.29 is 5.11 Å². The molecule has 0 aliphatic carbocycles. The number of allylic oxidation sites excluding steroid dienone is 1. The number of rotatable bonds is 12. The van der Waals surface area contributed by atoms with Crippen molar-refractivity contribution in [2.24, 2.45) is 0 Å². The van der Waals surface area contributed by atoms with Crippen molar-refractivity contribution in [2.75, 3.05) is 0 Å². The van der Waals surface area contributed by atoms with E-state index in [4.69, 9.17) is 0 Å². The van der Waals surface area contributed by atoms with Gasteiger partial charge in [0.15, 0.2) is 0 Å². The molecule has 0 heterocycles. The molecule has 1 unspecified atom stereocenters. The summed E-state index contributed by atoms with van der Waals surface area (Å²) in [6.07, 6.45) is 15.2. The third kappa shape index (κ3) is 11.8. The van der Waals surface area contributed by atoms with Gasteiger partial charge < -0.3 is 5.11 Å². The molecule has 0 saturated carbocycles. The summed E-state index contributed by atoms with van der Waals surface area (Å²) in [5, 5.41) is 9.68. The molecule has 96 valence electrons. The van der Waals surface area contributed by atoms with E-state index >= 15 is 0 Å². The monoisotopic (exact) mass is 226 g/mol. The van der Waals surface area contributed by atoms with Crippen LogP contribution in [0.1, 0.15) is 77.6 Å². The number of aliphatic hydroxyl groups is 1. The van der Waals surface area contributed by atoms with Crippen LogP contribution in [-0.4, -0.2) is 11.2 Å². The minimum absolute atomic E-state index is 0.0735. The molecule has 0 aromatic heterocycles. The Bertz CT molecular complexity index is 142. The highest BCUT2D eigenvalue weighted by Crippen LogP contribution is 2.12. The van der Waals surface area contributed by atoms with Crippen molar-refractivity contribution in [3.8, 4) is 0 Å². The Labute approximate surface area is 102 Å². The van der Waals surface area contributed by atoms with Crippen molar-refractivity contribution in [3.05, 3.63) is 12.7 Å². The van der Waals surface area contributed by atoms with E-state index in [1.54, 1.807) is 0 Å². The summed E-state index contributed by atoms with van der Waals surface area (Å²) in [5.74, 6) is 0. The van der Waals surface area contributed by atoms with Crippen LogP contribution in [0.15, 0.2) is 12.7 Å². The summed E-state index contributed by atoms with van der Waals surface area (Å²) in [4.78, 5) is 0. The van der Waals surface area contributed by atoms with Crippen LogP contribution in [0.25, 0.3) is 0 Å². The van der Waals surface area contributed by atoms with E-state index < -0.39 is 0 Å². The molecule has 0 aromatic rings. The van der Waals surface area contributed by atoms with Crippen LogP contribution >= 0.6 is 0 Å². The summed E-state index contributed by atoms with van der Waals surface area (Å²) >= 11 is 0. The third-order valence-corrected chi connectivity index (χ3v) is 3.09. The second kappa shape index (κ2) is 12.8. The van der Waals surface area contributed by atoms with Crippen molar-refractivity contribution in [1.29, 1.82) is 0 Å². The van der Waals surface area contributed by atoms with Crippen molar-refractivity contribution in [1.82, 2.24) is 0 Å². The van der Waals surface area contributed by atoms with Gasteiger partial charge in [-0.05, 0) is 25.7 Å². The Morgan fingerprint density at radius 2 is 1.50 bits per heavy atom. The molecular formula is C15H30O. The van der Waals surface area contributed by atoms with E-state index in [0.29, 0.717) is 0 Å². The van der Waals surface area contributed by atoms with E-state index in [-0.39, 0.29) is 6.10 Å². The van der Waals surface area contributed by atoms with Crippen LogP contribution in [0.2, 0.25) is 0 Å². The Kier molecular flexibility index (Phi) is 12.5. The molecule has 0 radical (unpaired) electrons. The molecule has 0 spiro atoms. The molecule has 1 heteroatoms. The second-order valence-electron chi connectivity index (χ2n) is 4.78. The standard InChI is InChI=1S/C15H30O/c1-3-5-7-8-9-10-12-14-15(16)13-11-6-4-2/h4,15-16H,2-3,5-14H2,1H3. The first-order valence-corrected chi connectivity index (χ1v) is 7.10. The molecule has 0 aromatic carbocycles. The number of hydrogen-bond donors (Lipinski definition) is 1. The average Bonchev–Trinajstić information content (AvgIpc) is 2.28. The van der Waals surface area contributed by atoms with Crippen molar-refractivity contribution in [2.45, 2.75) is 83.7 Å². The summed E-state index contributed by atoms with van der Waals surface area (Å²) in [6.45, 7) is 5.94. The molecule has 0 amide bonds. The SMILES string of the molecule is C=CCCCC(O)CCCCCCCCC. The van der Waals surface area contributed by atoms with Gasteiger partial charge in [-0.3, -0.25) is 0 Å². The van der Waals surface area contributed by atoms with E-state index in [0.717, 1.165) is 25.7 Å². The zero-order chi connectivity index (χ0) is 12.1. The van der Waals surface area contributed by atoms with E-state index in [1.807, 2.05) is 6.08 Å². The highest BCUT2D eigenvalue weighted by Gasteiger charge is 2.02. The molecule has 1 atom stereocenters. The van der Waals surface area contributed by atoms with Crippen LogP contribution in [0.3, 0.4) is 0 Å². The highest BCUT2D eigenvalue weighted by molar-refractivity contribution is 4.67. The number of unbranched alkanes of at least 4 members (excludes halogenated alkanes) is 7. The lowest BCUT2D eigenvalue weighted by atomic mass is 10.0. The van der Waals surface area contributed by atoms with Gasteiger partial charge in [-0.2, -0.15) is 0 Å². The van der Waals surface area contributed by atoms with Gasteiger partial charge in [0, 0.05) is 0 Å². The molecule has 0 aliphatic rings.